The molecular weight excluding hydrogens is 330 g/mol. The van der Waals surface area contributed by atoms with E-state index in [0.717, 1.165) is 0 Å². The van der Waals surface area contributed by atoms with Crippen LogP contribution in [0.5, 0.6) is 5.75 Å². The number of hydrogen-bond donors (Lipinski definition) is 2. The van der Waals surface area contributed by atoms with Crippen LogP contribution in [0.15, 0.2) is 40.9 Å². The topological polar surface area (TPSA) is 59.1 Å². The molecule has 0 spiro atoms. The molecule has 2 aromatic rings. The third-order valence-electron chi connectivity index (χ3n) is 2.59. The van der Waals surface area contributed by atoms with Crippen LogP contribution >= 0.6 is 15.9 Å². The first-order valence-electron chi connectivity index (χ1n) is 5.67. The van der Waals surface area contributed by atoms with Gasteiger partial charge >= 0.3 is 0 Å². The standard InChI is InChI=1S/C14H11BrF2N2O/c15-10-4-11(16)6-12(5-10)20-7-9-2-1-8(14(18)19)3-13(9)17/h1-6H,7H2,(H3,18,19). The molecule has 3 nitrogen and oxygen atoms in total. The van der Waals surface area contributed by atoms with E-state index < -0.39 is 11.6 Å². The van der Waals surface area contributed by atoms with Gasteiger partial charge < -0.3 is 10.5 Å². The fourth-order valence-corrected chi connectivity index (χ4v) is 2.05. The molecule has 104 valence electrons. The van der Waals surface area contributed by atoms with E-state index in [1.807, 2.05) is 0 Å². The number of ether oxygens (including phenoxy) is 1. The average Bonchev–Trinajstić information content (AvgIpc) is 2.36. The summed E-state index contributed by atoms with van der Waals surface area (Å²) in [6, 6.07) is 8.29. The molecule has 2 aromatic carbocycles. The van der Waals surface area contributed by atoms with E-state index >= 15 is 0 Å². The number of nitrogens with two attached hydrogens (primary N) is 1. The number of nitrogen functional groups attached to an aromatic ring is 1. The molecule has 2 rings (SSSR count). The lowest BCUT2D eigenvalue weighted by atomic mass is 10.1. The Labute approximate surface area is 123 Å². The van der Waals surface area contributed by atoms with Crippen LogP contribution in [0.2, 0.25) is 0 Å². The number of nitrogens with one attached hydrogen (secondary N) is 1. The molecule has 0 aliphatic rings. The van der Waals surface area contributed by atoms with Crippen molar-refractivity contribution in [1.29, 1.82) is 5.41 Å². The molecule has 3 N–H and O–H groups in total. The summed E-state index contributed by atoms with van der Waals surface area (Å²) in [5, 5.41) is 7.22. The predicted molar refractivity (Wildman–Crippen MR) is 75.8 cm³/mol. The Morgan fingerprint density at radius 1 is 1.20 bits per heavy atom. The Morgan fingerprint density at radius 3 is 2.55 bits per heavy atom. The number of amidine groups is 1. The van der Waals surface area contributed by atoms with Gasteiger partial charge in [-0.25, -0.2) is 8.78 Å². The third kappa shape index (κ3) is 3.54. The van der Waals surface area contributed by atoms with Crippen LogP contribution in [-0.4, -0.2) is 5.84 Å². The molecule has 0 bridgehead atoms. The van der Waals surface area contributed by atoms with E-state index in [1.165, 1.54) is 30.3 Å². The van der Waals surface area contributed by atoms with E-state index in [0.29, 0.717) is 21.3 Å². The highest BCUT2D eigenvalue weighted by Gasteiger charge is 2.07. The Balaban J connectivity index is 2.12. The van der Waals surface area contributed by atoms with Gasteiger partial charge in [-0.15, -0.1) is 0 Å². The van der Waals surface area contributed by atoms with Gasteiger partial charge in [0, 0.05) is 21.7 Å². The molecule has 0 aliphatic heterocycles. The lowest BCUT2D eigenvalue weighted by molar-refractivity contribution is 0.298. The van der Waals surface area contributed by atoms with E-state index in [9.17, 15) is 8.78 Å². The SMILES string of the molecule is N=C(N)c1ccc(COc2cc(F)cc(Br)c2)c(F)c1. The van der Waals surface area contributed by atoms with Crippen molar-refractivity contribution < 1.29 is 13.5 Å². The van der Waals surface area contributed by atoms with E-state index in [1.54, 1.807) is 6.07 Å². The fraction of sp³-hybridized carbons (Fsp3) is 0.0714. The van der Waals surface area contributed by atoms with E-state index in [2.05, 4.69) is 15.9 Å². The maximum Gasteiger partial charge on any atom is 0.130 e. The summed E-state index contributed by atoms with van der Waals surface area (Å²) in [6.07, 6.45) is 0. The molecular formula is C14H11BrF2N2O. The smallest absolute Gasteiger partial charge is 0.130 e. The first-order chi connectivity index (χ1) is 9.45. The maximum atomic E-state index is 13.8. The van der Waals surface area contributed by atoms with Crippen molar-refractivity contribution in [3.05, 3.63) is 63.6 Å². The van der Waals surface area contributed by atoms with Crippen molar-refractivity contribution in [2.75, 3.05) is 0 Å². The number of halogens is 3. The second kappa shape index (κ2) is 6.00. The molecule has 0 atom stereocenters. The lowest BCUT2D eigenvalue weighted by Crippen LogP contribution is -2.12. The van der Waals surface area contributed by atoms with E-state index in [4.69, 9.17) is 15.9 Å². The highest BCUT2D eigenvalue weighted by atomic mass is 79.9. The molecule has 0 aromatic heterocycles. The summed E-state index contributed by atoms with van der Waals surface area (Å²) in [5.41, 5.74) is 5.88. The Hall–Kier alpha value is -1.95. The van der Waals surface area contributed by atoms with Gasteiger partial charge in [0.05, 0.1) is 0 Å². The second-order valence-corrected chi connectivity index (χ2v) is 5.03. The summed E-state index contributed by atoms with van der Waals surface area (Å²) >= 11 is 3.15. The highest BCUT2D eigenvalue weighted by molar-refractivity contribution is 9.10. The van der Waals surface area contributed by atoms with Crippen molar-refractivity contribution in [2.45, 2.75) is 6.61 Å². The van der Waals surface area contributed by atoms with Gasteiger partial charge in [-0.05, 0) is 18.2 Å². The first kappa shape index (κ1) is 14.5. The minimum Gasteiger partial charge on any atom is -0.489 e. The minimum atomic E-state index is -0.520. The van der Waals surface area contributed by atoms with Crippen molar-refractivity contribution in [2.24, 2.45) is 5.73 Å². The van der Waals surface area contributed by atoms with Crippen LogP contribution in [-0.2, 0) is 6.61 Å². The largest absolute Gasteiger partial charge is 0.489 e. The van der Waals surface area contributed by atoms with Crippen LogP contribution in [0.1, 0.15) is 11.1 Å². The lowest BCUT2D eigenvalue weighted by Gasteiger charge is -2.09. The third-order valence-corrected chi connectivity index (χ3v) is 3.05. The zero-order valence-corrected chi connectivity index (χ0v) is 11.9. The van der Waals surface area contributed by atoms with Gasteiger partial charge in [-0.2, -0.15) is 0 Å². The van der Waals surface area contributed by atoms with Crippen LogP contribution < -0.4 is 10.5 Å². The predicted octanol–water partition coefficient (Wildman–Crippen LogP) is 3.59. The zero-order chi connectivity index (χ0) is 14.7. The highest BCUT2D eigenvalue weighted by Crippen LogP contribution is 2.22. The van der Waals surface area contributed by atoms with Gasteiger partial charge in [0.1, 0.15) is 29.8 Å². The van der Waals surface area contributed by atoms with Gasteiger partial charge in [-0.1, -0.05) is 28.1 Å². The summed E-state index contributed by atoms with van der Waals surface area (Å²) < 4.78 is 32.8. The van der Waals surface area contributed by atoms with Crippen LogP contribution in [0, 0.1) is 17.0 Å². The molecule has 0 amide bonds. The van der Waals surface area contributed by atoms with E-state index in [-0.39, 0.29) is 12.4 Å². The summed E-state index contributed by atoms with van der Waals surface area (Å²) in [5.74, 6) is -0.868. The Morgan fingerprint density at radius 2 is 1.95 bits per heavy atom. The van der Waals surface area contributed by atoms with Crippen molar-refractivity contribution in [3.63, 3.8) is 0 Å². The van der Waals surface area contributed by atoms with Gasteiger partial charge in [0.2, 0.25) is 0 Å². The Kier molecular flexibility index (Phi) is 4.34. The molecule has 0 saturated carbocycles. The second-order valence-electron chi connectivity index (χ2n) is 4.11. The molecule has 0 fully saturated rings. The first-order valence-corrected chi connectivity index (χ1v) is 6.47. The van der Waals surface area contributed by atoms with Crippen molar-refractivity contribution in [1.82, 2.24) is 0 Å². The minimum absolute atomic E-state index is 0.0418. The normalized spacial score (nSPS) is 10.3. The zero-order valence-electron chi connectivity index (χ0n) is 10.3. The number of hydrogen-bond acceptors (Lipinski definition) is 2. The fourth-order valence-electron chi connectivity index (χ4n) is 1.60. The summed E-state index contributed by atoms with van der Waals surface area (Å²) in [7, 11) is 0. The van der Waals surface area contributed by atoms with Gasteiger partial charge in [0.15, 0.2) is 0 Å². The summed E-state index contributed by atoms with van der Waals surface area (Å²) in [4.78, 5) is 0. The van der Waals surface area contributed by atoms with Crippen LogP contribution in [0.4, 0.5) is 8.78 Å². The molecule has 0 radical (unpaired) electrons. The number of benzene rings is 2. The quantitative estimate of drug-likeness (QED) is 0.660. The number of rotatable bonds is 4. The molecule has 6 heteroatoms. The van der Waals surface area contributed by atoms with Gasteiger partial charge in [0.25, 0.3) is 0 Å². The monoisotopic (exact) mass is 340 g/mol. The maximum absolute atomic E-state index is 13.8. The molecule has 20 heavy (non-hydrogen) atoms. The van der Waals surface area contributed by atoms with Crippen LogP contribution in [0.25, 0.3) is 0 Å². The Bertz CT molecular complexity index is 641. The molecule has 0 unspecified atom stereocenters. The van der Waals surface area contributed by atoms with Gasteiger partial charge in [-0.3, -0.25) is 5.41 Å². The molecule has 0 saturated heterocycles. The molecule has 0 aliphatic carbocycles. The van der Waals surface area contributed by atoms with Crippen molar-refractivity contribution in [3.8, 4) is 5.75 Å². The summed E-state index contributed by atoms with van der Waals surface area (Å²) in [6.45, 7) is -0.0418. The van der Waals surface area contributed by atoms with Crippen LogP contribution in [0.3, 0.4) is 0 Å². The average molecular weight is 341 g/mol. The molecule has 0 heterocycles. The van der Waals surface area contributed by atoms with Crippen molar-refractivity contribution >= 4 is 21.8 Å².